The molecule has 0 aliphatic carbocycles. The Hall–Kier alpha value is -1.88. The summed E-state index contributed by atoms with van der Waals surface area (Å²) >= 11 is 0. The molecule has 0 amide bonds. The van der Waals surface area contributed by atoms with Crippen molar-refractivity contribution in [2.45, 2.75) is 19.3 Å². The second-order valence-corrected chi connectivity index (χ2v) is 5.42. The van der Waals surface area contributed by atoms with Gasteiger partial charge in [-0.3, -0.25) is 4.40 Å². The Balaban J connectivity index is 1.96. The molecule has 1 fully saturated rings. The van der Waals surface area contributed by atoms with Crippen LogP contribution in [0.15, 0.2) is 24.7 Å². The molecule has 0 spiro atoms. The third-order valence-corrected chi connectivity index (χ3v) is 4.28. The van der Waals surface area contributed by atoms with Crippen molar-refractivity contribution in [2.75, 3.05) is 13.1 Å². The van der Waals surface area contributed by atoms with Gasteiger partial charge in [0.05, 0.1) is 11.7 Å². The third kappa shape index (κ3) is 1.58. The van der Waals surface area contributed by atoms with Gasteiger partial charge in [-0.05, 0) is 24.9 Å². The number of fused-ring (bicyclic) bond motifs is 3. The molecule has 1 saturated heterocycles. The Morgan fingerprint density at radius 3 is 3.16 bits per heavy atom. The zero-order valence-corrected chi connectivity index (χ0v) is 10.9. The number of hydrogen-bond acceptors (Lipinski definition) is 3. The average Bonchev–Trinajstić information content (AvgIpc) is 3.04. The summed E-state index contributed by atoms with van der Waals surface area (Å²) in [5, 5.41) is 3.50. The lowest BCUT2D eigenvalue weighted by molar-refractivity contribution is 0.342. The van der Waals surface area contributed by atoms with Gasteiger partial charge in [0.1, 0.15) is 0 Å². The standard InChI is InChI=1S/C14H17N5/c1-9-2-4-15-6-10(9)12-7-17-13-8-18-14-11(19(12)13)3-5-16-14/h3,5,7-10,15-16H,2,4,6H2,1H3/t9-,10+/m1/s1. The molecule has 3 aromatic heterocycles. The summed E-state index contributed by atoms with van der Waals surface area (Å²) in [6, 6.07) is 2.07. The average molecular weight is 255 g/mol. The highest BCUT2D eigenvalue weighted by atomic mass is 15.1. The van der Waals surface area contributed by atoms with Gasteiger partial charge in [0, 0.05) is 30.6 Å². The van der Waals surface area contributed by atoms with E-state index in [-0.39, 0.29) is 0 Å². The summed E-state index contributed by atoms with van der Waals surface area (Å²) in [4.78, 5) is 12.1. The van der Waals surface area contributed by atoms with Gasteiger partial charge in [-0.15, -0.1) is 0 Å². The number of aromatic amines is 1. The van der Waals surface area contributed by atoms with Crippen LogP contribution in [0.5, 0.6) is 0 Å². The van der Waals surface area contributed by atoms with Crippen LogP contribution < -0.4 is 5.32 Å². The van der Waals surface area contributed by atoms with Crippen molar-refractivity contribution in [1.29, 1.82) is 0 Å². The largest absolute Gasteiger partial charge is 0.345 e. The van der Waals surface area contributed by atoms with Crippen LogP contribution in [0, 0.1) is 5.92 Å². The van der Waals surface area contributed by atoms with Crippen molar-refractivity contribution in [3.63, 3.8) is 0 Å². The summed E-state index contributed by atoms with van der Waals surface area (Å²) < 4.78 is 2.24. The first kappa shape index (κ1) is 11.0. The van der Waals surface area contributed by atoms with Crippen LogP contribution in [-0.4, -0.2) is 32.4 Å². The van der Waals surface area contributed by atoms with E-state index in [1.807, 2.05) is 18.6 Å². The van der Waals surface area contributed by atoms with Gasteiger partial charge < -0.3 is 10.3 Å². The Morgan fingerprint density at radius 2 is 2.26 bits per heavy atom. The minimum atomic E-state index is 0.518. The van der Waals surface area contributed by atoms with E-state index in [0.29, 0.717) is 11.8 Å². The van der Waals surface area contributed by atoms with Gasteiger partial charge in [-0.2, -0.15) is 0 Å². The van der Waals surface area contributed by atoms with E-state index in [4.69, 9.17) is 0 Å². The summed E-state index contributed by atoms with van der Waals surface area (Å²) in [6.07, 6.45) is 7.00. The van der Waals surface area contributed by atoms with E-state index >= 15 is 0 Å². The quantitative estimate of drug-likeness (QED) is 0.698. The molecule has 5 heteroatoms. The molecule has 1 aliphatic rings. The van der Waals surface area contributed by atoms with E-state index in [0.717, 1.165) is 29.9 Å². The Labute approximate surface area is 111 Å². The highest BCUT2D eigenvalue weighted by Crippen LogP contribution is 2.30. The normalized spacial score (nSPS) is 24.3. The maximum Gasteiger partial charge on any atom is 0.156 e. The molecule has 0 saturated carbocycles. The van der Waals surface area contributed by atoms with Crippen LogP contribution in [0.3, 0.4) is 0 Å². The molecule has 0 bridgehead atoms. The molecule has 0 unspecified atom stereocenters. The summed E-state index contributed by atoms with van der Waals surface area (Å²) in [5.41, 5.74) is 4.26. The Morgan fingerprint density at radius 1 is 1.32 bits per heavy atom. The van der Waals surface area contributed by atoms with Crippen LogP contribution in [0.4, 0.5) is 0 Å². The minimum absolute atomic E-state index is 0.518. The van der Waals surface area contributed by atoms with E-state index < -0.39 is 0 Å². The van der Waals surface area contributed by atoms with Crippen molar-refractivity contribution >= 4 is 16.8 Å². The van der Waals surface area contributed by atoms with Crippen LogP contribution in [0.2, 0.25) is 0 Å². The summed E-state index contributed by atoms with van der Waals surface area (Å²) in [7, 11) is 0. The molecule has 3 aromatic rings. The predicted molar refractivity (Wildman–Crippen MR) is 74.2 cm³/mol. The van der Waals surface area contributed by atoms with E-state index in [1.54, 1.807) is 0 Å². The fourth-order valence-electron chi connectivity index (χ4n) is 3.14. The van der Waals surface area contributed by atoms with Crippen molar-refractivity contribution in [3.8, 4) is 0 Å². The molecule has 0 radical (unpaired) electrons. The molecule has 5 nitrogen and oxygen atoms in total. The number of nitrogens with zero attached hydrogens (tertiary/aromatic N) is 3. The molecular formula is C14H17N5. The van der Waals surface area contributed by atoms with Gasteiger partial charge in [0.15, 0.2) is 11.3 Å². The maximum absolute atomic E-state index is 4.52. The number of rotatable bonds is 1. The summed E-state index contributed by atoms with van der Waals surface area (Å²) in [6.45, 7) is 4.49. The Bertz CT molecular complexity index is 726. The van der Waals surface area contributed by atoms with Crippen molar-refractivity contribution in [1.82, 2.24) is 24.7 Å². The third-order valence-electron chi connectivity index (χ3n) is 4.28. The molecule has 19 heavy (non-hydrogen) atoms. The SMILES string of the molecule is C[C@@H]1CCNC[C@@H]1c1cnc2cnc3[nH]ccc3n12. The van der Waals surface area contributed by atoms with Gasteiger partial charge >= 0.3 is 0 Å². The fourth-order valence-corrected chi connectivity index (χ4v) is 3.14. The molecule has 4 rings (SSSR count). The first-order valence-electron chi connectivity index (χ1n) is 6.85. The topological polar surface area (TPSA) is 58.0 Å². The molecule has 1 aliphatic heterocycles. The number of aromatic nitrogens is 4. The highest BCUT2D eigenvalue weighted by molar-refractivity contribution is 5.74. The molecule has 2 atom stereocenters. The number of hydrogen-bond donors (Lipinski definition) is 2. The lowest BCUT2D eigenvalue weighted by Gasteiger charge is -2.29. The number of imidazole rings is 1. The lowest BCUT2D eigenvalue weighted by atomic mass is 9.86. The predicted octanol–water partition coefficient (Wildman–Crippen LogP) is 1.92. The van der Waals surface area contributed by atoms with Crippen LogP contribution in [0.25, 0.3) is 16.8 Å². The second-order valence-electron chi connectivity index (χ2n) is 5.42. The highest BCUT2D eigenvalue weighted by Gasteiger charge is 2.26. The minimum Gasteiger partial charge on any atom is -0.345 e. The zero-order valence-electron chi connectivity index (χ0n) is 10.9. The summed E-state index contributed by atoms with van der Waals surface area (Å²) in [5.74, 6) is 1.20. The van der Waals surface area contributed by atoms with Crippen molar-refractivity contribution in [3.05, 3.63) is 30.4 Å². The fraction of sp³-hybridized carbons (Fsp3) is 0.429. The van der Waals surface area contributed by atoms with E-state index in [9.17, 15) is 0 Å². The molecule has 2 N–H and O–H groups in total. The zero-order chi connectivity index (χ0) is 12.8. The van der Waals surface area contributed by atoms with Gasteiger partial charge in [-0.1, -0.05) is 6.92 Å². The monoisotopic (exact) mass is 255 g/mol. The van der Waals surface area contributed by atoms with E-state index in [2.05, 4.69) is 37.7 Å². The second kappa shape index (κ2) is 4.06. The smallest absolute Gasteiger partial charge is 0.156 e. The first-order chi connectivity index (χ1) is 9.34. The van der Waals surface area contributed by atoms with Gasteiger partial charge in [0.25, 0.3) is 0 Å². The molecule has 4 heterocycles. The number of H-pyrrole nitrogens is 1. The maximum atomic E-state index is 4.52. The van der Waals surface area contributed by atoms with Crippen molar-refractivity contribution < 1.29 is 0 Å². The van der Waals surface area contributed by atoms with Crippen LogP contribution in [-0.2, 0) is 0 Å². The van der Waals surface area contributed by atoms with Crippen molar-refractivity contribution in [2.24, 2.45) is 5.92 Å². The Kier molecular flexibility index (Phi) is 2.35. The van der Waals surface area contributed by atoms with E-state index in [1.165, 1.54) is 12.1 Å². The number of nitrogens with one attached hydrogen (secondary N) is 2. The van der Waals surface area contributed by atoms with Crippen LogP contribution in [0.1, 0.15) is 25.0 Å². The first-order valence-corrected chi connectivity index (χ1v) is 6.85. The molecule has 98 valence electrons. The van der Waals surface area contributed by atoms with Crippen LogP contribution >= 0.6 is 0 Å². The lowest BCUT2D eigenvalue weighted by Crippen LogP contribution is -2.34. The number of piperidine rings is 1. The molecule has 0 aromatic carbocycles. The van der Waals surface area contributed by atoms with Gasteiger partial charge in [-0.25, -0.2) is 9.97 Å². The molecular weight excluding hydrogens is 238 g/mol. The van der Waals surface area contributed by atoms with Gasteiger partial charge in [0.2, 0.25) is 0 Å².